The number of fused-ring (bicyclic) bond motifs is 1. The summed E-state index contributed by atoms with van der Waals surface area (Å²) in [5.41, 5.74) is 3.74. The Kier molecular flexibility index (Phi) is 6.56. The summed E-state index contributed by atoms with van der Waals surface area (Å²) >= 11 is 1.36. The van der Waals surface area contributed by atoms with Gasteiger partial charge in [0.15, 0.2) is 4.96 Å². The number of amides is 1. The van der Waals surface area contributed by atoms with E-state index in [1.54, 1.807) is 11.8 Å². The van der Waals surface area contributed by atoms with Gasteiger partial charge in [-0.25, -0.2) is 9.67 Å². The molecule has 1 aromatic carbocycles. The number of aromatic nitrogens is 4. The van der Waals surface area contributed by atoms with Crippen LogP contribution in [0.2, 0.25) is 0 Å². The van der Waals surface area contributed by atoms with E-state index in [9.17, 15) is 9.59 Å². The van der Waals surface area contributed by atoms with Crippen molar-refractivity contribution < 1.29 is 9.53 Å². The number of benzene rings is 1. The number of ether oxygens (including phenoxy) is 1. The predicted octanol–water partition coefficient (Wildman–Crippen LogP) is 3.94. The van der Waals surface area contributed by atoms with Gasteiger partial charge in [-0.2, -0.15) is 5.10 Å². The standard InChI is InChI=1S/C25H29N5O3S/c1-14(2)16(4)26-22(31)12-19-13-34-25-27-17(5)23(24(32)29(19)25)21-11-15(3)30(28-21)18-7-9-20(33-6)10-8-18/h7-11,13-14,16H,12H2,1-6H3,(H,26,31)/t16-/m1/s1. The Morgan fingerprint density at radius 3 is 2.53 bits per heavy atom. The Morgan fingerprint density at radius 2 is 1.88 bits per heavy atom. The van der Waals surface area contributed by atoms with Crippen LogP contribution in [0.1, 0.15) is 37.9 Å². The molecule has 0 saturated heterocycles. The number of carbonyl (C=O) groups excluding carboxylic acids is 1. The highest BCUT2D eigenvalue weighted by Crippen LogP contribution is 2.24. The molecular weight excluding hydrogens is 450 g/mol. The first-order valence-corrected chi connectivity index (χ1v) is 12.1. The van der Waals surface area contributed by atoms with E-state index in [1.807, 2.05) is 56.5 Å². The maximum absolute atomic E-state index is 13.6. The number of carbonyl (C=O) groups is 1. The molecule has 3 aromatic heterocycles. The Hall–Kier alpha value is -3.46. The van der Waals surface area contributed by atoms with E-state index < -0.39 is 0 Å². The van der Waals surface area contributed by atoms with E-state index in [0.29, 0.717) is 33.5 Å². The second-order valence-corrected chi connectivity index (χ2v) is 9.62. The number of methoxy groups -OCH3 is 1. The molecule has 0 unspecified atom stereocenters. The SMILES string of the molecule is COc1ccc(-n2nc(-c3c(C)nc4scc(CC(=O)N[C@H](C)C(C)C)n4c3=O)cc2C)cc1. The number of nitrogens with one attached hydrogen (secondary N) is 1. The van der Waals surface area contributed by atoms with Crippen molar-refractivity contribution in [3.63, 3.8) is 0 Å². The third-order valence-corrected chi connectivity index (χ3v) is 6.89. The van der Waals surface area contributed by atoms with Gasteiger partial charge in [-0.1, -0.05) is 13.8 Å². The third-order valence-electron chi connectivity index (χ3n) is 6.01. The van der Waals surface area contributed by atoms with Gasteiger partial charge in [-0.05, 0) is 57.0 Å². The summed E-state index contributed by atoms with van der Waals surface area (Å²) < 4.78 is 8.56. The summed E-state index contributed by atoms with van der Waals surface area (Å²) in [5, 5.41) is 9.54. The van der Waals surface area contributed by atoms with Gasteiger partial charge in [0.1, 0.15) is 11.4 Å². The normalized spacial score (nSPS) is 12.3. The first kappa shape index (κ1) is 23.7. The first-order valence-electron chi connectivity index (χ1n) is 11.2. The maximum Gasteiger partial charge on any atom is 0.268 e. The second-order valence-electron chi connectivity index (χ2n) is 8.78. The maximum atomic E-state index is 13.6. The molecule has 9 heteroatoms. The molecule has 1 amide bonds. The Balaban J connectivity index is 1.73. The minimum atomic E-state index is -0.220. The van der Waals surface area contributed by atoms with Crippen LogP contribution in [0.3, 0.4) is 0 Å². The van der Waals surface area contributed by atoms with E-state index >= 15 is 0 Å². The van der Waals surface area contributed by atoms with E-state index in [4.69, 9.17) is 9.84 Å². The van der Waals surface area contributed by atoms with Gasteiger partial charge in [0, 0.05) is 22.8 Å². The van der Waals surface area contributed by atoms with Crippen LogP contribution >= 0.6 is 11.3 Å². The van der Waals surface area contributed by atoms with Crippen LogP contribution in [-0.4, -0.2) is 38.2 Å². The Morgan fingerprint density at radius 1 is 1.18 bits per heavy atom. The molecule has 0 bridgehead atoms. The van der Waals surface area contributed by atoms with Crippen LogP contribution in [0.15, 0.2) is 40.5 Å². The highest BCUT2D eigenvalue weighted by molar-refractivity contribution is 7.15. The fourth-order valence-corrected chi connectivity index (χ4v) is 4.67. The lowest BCUT2D eigenvalue weighted by Crippen LogP contribution is -2.37. The molecule has 0 fully saturated rings. The predicted molar refractivity (Wildman–Crippen MR) is 134 cm³/mol. The molecule has 8 nitrogen and oxygen atoms in total. The Labute approximate surface area is 202 Å². The fraction of sp³-hybridized carbons (Fsp3) is 0.360. The fourth-order valence-electron chi connectivity index (χ4n) is 3.74. The van der Waals surface area contributed by atoms with E-state index in [0.717, 1.165) is 17.1 Å². The summed E-state index contributed by atoms with van der Waals surface area (Å²) in [5.74, 6) is 0.967. The zero-order valence-electron chi connectivity index (χ0n) is 20.2. The van der Waals surface area contributed by atoms with Crippen LogP contribution in [0.4, 0.5) is 0 Å². The van der Waals surface area contributed by atoms with Gasteiger partial charge in [0.2, 0.25) is 5.91 Å². The minimum Gasteiger partial charge on any atom is -0.497 e. The molecule has 1 N–H and O–H groups in total. The molecule has 0 aliphatic heterocycles. The summed E-state index contributed by atoms with van der Waals surface area (Å²) in [6.07, 6.45) is 0.112. The molecule has 0 saturated carbocycles. The summed E-state index contributed by atoms with van der Waals surface area (Å²) in [4.78, 5) is 31.4. The van der Waals surface area contributed by atoms with Gasteiger partial charge in [0.25, 0.3) is 5.56 Å². The van der Waals surface area contributed by atoms with Gasteiger partial charge in [-0.15, -0.1) is 11.3 Å². The second kappa shape index (κ2) is 9.42. The monoisotopic (exact) mass is 479 g/mol. The van der Waals surface area contributed by atoms with Crippen LogP contribution in [0, 0.1) is 19.8 Å². The average Bonchev–Trinajstić information content (AvgIpc) is 3.36. The number of thiazole rings is 1. The van der Waals surface area contributed by atoms with Gasteiger partial charge in [-0.3, -0.25) is 14.0 Å². The number of hydrogen-bond acceptors (Lipinski definition) is 6. The quantitative estimate of drug-likeness (QED) is 0.434. The number of aryl methyl sites for hydroxylation is 2. The van der Waals surface area contributed by atoms with Crippen molar-refractivity contribution >= 4 is 22.2 Å². The topological polar surface area (TPSA) is 90.5 Å². The van der Waals surface area contributed by atoms with Crippen molar-refractivity contribution in [2.45, 2.75) is 47.1 Å². The summed E-state index contributed by atoms with van der Waals surface area (Å²) in [6.45, 7) is 9.85. The molecule has 1 atom stereocenters. The zero-order valence-corrected chi connectivity index (χ0v) is 21.1. The van der Waals surface area contributed by atoms with Crippen LogP contribution in [0.5, 0.6) is 5.75 Å². The average molecular weight is 480 g/mol. The van der Waals surface area contributed by atoms with E-state index in [1.165, 1.54) is 15.7 Å². The van der Waals surface area contributed by atoms with Crippen molar-refractivity contribution in [3.8, 4) is 22.7 Å². The third kappa shape index (κ3) is 4.48. The van der Waals surface area contributed by atoms with Gasteiger partial charge >= 0.3 is 0 Å². The van der Waals surface area contributed by atoms with E-state index in [2.05, 4.69) is 24.1 Å². The van der Waals surface area contributed by atoms with Crippen molar-refractivity contribution in [1.29, 1.82) is 0 Å². The van der Waals surface area contributed by atoms with Crippen molar-refractivity contribution in [3.05, 3.63) is 63.1 Å². The molecule has 0 aliphatic carbocycles. The minimum absolute atomic E-state index is 0.0509. The van der Waals surface area contributed by atoms with Crippen molar-refractivity contribution in [1.82, 2.24) is 24.5 Å². The lowest BCUT2D eigenvalue weighted by molar-refractivity contribution is -0.121. The lowest BCUT2D eigenvalue weighted by atomic mass is 10.1. The number of hydrogen-bond donors (Lipinski definition) is 1. The molecule has 0 aliphatic rings. The van der Waals surface area contributed by atoms with Gasteiger partial charge < -0.3 is 10.1 Å². The first-order chi connectivity index (χ1) is 16.2. The van der Waals surface area contributed by atoms with Gasteiger partial charge in [0.05, 0.1) is 30.5 Å². The lowest BCUT2D eigenvalue weighted by Gasteiger charge is -2.17. The number of rotatable bonds is 7. The van der Waals surface area contributed by atoms with Crippen LogP contribution < -0.4 is 15.6 Å². The molecule has 34 heavy (non-hydrogen) atoms. The highest BCUT2D eigenvalue weighted by atomic mass is 32.1. The Bertz CT molecular complexity index is 1400. The van der Waals surface area contributed by atoms with Crippen molar-refractivity contribution in [2.75, 3.05) is 7.11 Å². The van der Waals surface area contributed by atoms with Crippen LogP contribution in [-0.2, 0) is 11.2 Å². The summed E-state index contributed by atoms with van der Waals surface area (Å²) in [7, 11) is 1.62. The molecule has 178 valence electrons. The number of nitrogens with zero attached hydrogens (tertiary/aromatic N) is 4. The molecule has 0 radical (unpaired) electrons. The van der Waals surface area contributed by atoms with Crippen LogP contribution in [0.25, 0.3) is 21.9 Å². The smallest absolute Gasteiger partial charge is 0.268 e. The highest BCUT2D eigenvalue weighted by Gasteiger charge is 2.20. The molecule has 3 heterocycles. The molecule has 4 aromatic rings. The zero-order chi connectivity index (χ0) is 24.6. The molecule has 4 rings (SSSR count). The van der Waals surface area contributed by atoms with Crippen molar-refractivity contribution in [2.24, 2.45) is 5.92 Å². The summed E-state index contributed by atoms with van der Waals surface area (Å²) in [6, 6.07) is 9.49. The largest absolute Gasteiger partial charge is 0.497 e. The molecular formula is C25H29N5O3S. The molecule has 0 spiro atoms. The van der Waals surface area contributed by atoms with E-state index in [-0.39, 0.29) is 23.9 Å².